The molecule has 0 bridgehead atoms. The molecule has 216 valence electrons. The predicted octanol–water partition coefficient (Wildman–Crippen LogP) is 6.80. The molecule has 40 heavy (non-hydrogen) atoms. The highest BCUT2D eigenvalue weighted by molar-refractivity contribution is 5.81. The lowest BCUT2D eigenvalue weighted by molar-refractivity contribution is -0.228. The maximum absolute atomic E-state index is 15.1. The smallest absolute Gasteiger partial charge is 0.426 e. The number of amides is 1. The Kier molecular flexibility index (Phi) is 7.24. The third-order valence-electron chi connectivity index (χ3n) is 9.67. The van der Waals surface area contributed by atoms with Gasteiger partial charge in [-0.25, -0.2) is 8.78 Å². The Morgan fingerprint density at radius 1 is 1.00 bits per heavy atom. The summed E-state index contributed by atoms with van der Waals surface area (Å²) in [4.78, 5) is 27.1. The highest BCUT2D eigenvalue weighted by atomic mass is 19.4. The van der Waals surface area contributed by atoms with Crippen molar-refractivity contribution in [2.75, 3.05) is 6.54 Å². The summed E-state index contributed by atoms with van der Waals surface area (Å²) in [6.07, 6.45) is -1.18. The fourth-order valence-electron chi connectivity index (χ4n) is 7.41. The largest absolute Gasteiger partial charge is 0.481 e. The second-order valence-corrected chi connectivity index (χ2v) is 12.0. The minimum absolute atomic E-state index is 0.0000155. The van der Waals surface area contributed by atoms with E-state index in [4.69, 9.17) is 0 Å². The number of aryl methyl sites for hydroxylation is 2. The quantitative estimate of drug-likeness (QED) is 0.407. The molecule has 1 unspecified atom stereocenters. The zero-order chi connectivity index (χ0) is 29.0. The van der Waals surface area contributed by atoms with Gasteiger partial charge in [0.05, 0.1) is 5.92 Å². The normalized spacial score (nSPS) is 28.0. The molecule has 2 fully saturated rings. The van der Waals surface area contributed by atoms with Gasteiger partial charge in [-0.05, 0) is 99.6 Å². The molecule has 0 spiro atoms. The molecule has 2 aromatic carbocycles. The van der Waals surface area contributed by atoms with Crippen LogP contribution in [0.3, 0.4) is 0 Å². The van der Waals surface area contributed by atoms with Crippen LogP contribution in [0.2, 0.25) is 0 Å². The molecular formula is C31H34F5NO3. The van der Waals surface area contributed by atoms with E-state index >= 15 is 4.39 Å². The first-order chi connectivity index (χ1) is 18.7. The van der Waals surface area contributed by atoms with Gasteiger partial charge >= 0.3 is 12.1 Å². The molecule has 3 atom stereocenters. The first kappa shape index (κ1) is 28.6. The first-order valence-electron chi connectivity index (χ1n) is 13.9. The van der Waals surface area contributed by atoms with Gasteiger partial charge in [-0.2, -0.15) is 13.2 Å². The van der Waals surface area contributed by atoms with Crippen LogP contribution in [0.4, 0.5) is 22.0 Å². The molecule has 1 amide bonds. The third-order valence-corrected chi connectivity index (χ3v) is 9.67. The summed E-state index contributed by atoms with van der Waals surface area (Å²) in [5, 5.41) is 9.35. The van der Waals surface area contributed by atoms with Gasteiger partial charge in [0.15, 0.2) is 0 Å². The lowest BCUT2D eigenvalue weighted by Crippen LogP contribution is -2.51. The maximum atomic E-state index is 15.1. The fraction of sp³-hybridized carbons (Fsp3) is 0.548. The summed E-state index contributed by atoms with van der Waals surface area (Å²) < 4.78 is 69.8. The van der Waals surface area contributed by atoms with Gasteiger partial charge in [0, 0.05) is 29.5 Å². The molecule has 3 aliphatic rings. The van der Waals surface area contributed by atoms with Crippen molar-refractivity contribution in [2.45, 2.75) is 88.5 Å². The van der Waals surface area contributed by atoms with Crippen molar-refractivity contribution in [1.29, 1.82) is 0 Å². The molecule has 1 aliphatic heterocycles. The minimum Gasteiger partial charge on any atom is -0.481 e. The van der Waals surface area contributed by atoms with Crippen LogP contribution in [0.15, 0.2) is 36.4 Å². The van der Waals surface area contributed by atoms with E-state index in [0.29, 0.717) is 70.4 Å². The number of carbonyl (C=O) groups is 2. The molecule has 4 nitrogen and oxygen atoms in total. The average Bonchev–Trinajstić information content (AvgIpc) is 3.28. The van der Waals surface area contributed by atoms with Crippen molar-refractivity contribution in [1.82, 2.24) is 4.90 Å². The monoisotopic (exact) mass is 563 g/mol. The van der Waals surface area contributed by atoms with Crippen molar-refractivity contribution < 1.29 is 36.6 Å². The Morgan fingerprint density at radius 3 is 2.23 bits per heavy atom. The van der Waals surface area contributed by atoms with Crippen LogP contribution in [0.25, 0.3) is 0 Å². The van der Waals surface area contributed by atoms with Crippen molar-refractivity contribution >= 4 is 11.9 Å². The van der Waals surface area contributed by atoms with E-state index in [9.17, 15) is 32.3 Å². The summed E-state index contributed by atoms with van der Waals surface area (Å²) in [5.41, 5.74) is -1.97. The van der Waals surface area contributed by atoms with Gasteiger partial charge < -0.3 is 10.0 Å². The number of hydrogen-bond acceptors (Lipinski definition) is 2. The average molecular weight is 564 g/mol. The fourth-order valence-corrected chi connectivity index (χ4v) is 7.41. The summed E-state index contributed by atoms with van der Waals surface area (Å²) in [6, 6.07) is 8.94. The molecule has 2 aliphatic carbocycles. The van der Waals surface area contributed by atoms with Crippen molar-refractivity contribution in [3.63, 3.8) is 0 Å². The standard InChI is InChI=1S/C31H34F5NO3/c1-18-15-25-22(16-24(18)29(2,33)31(34,35)36)9-12-26-30(25,17-19-3-10-23(32)11-4-19)13-14-37(26)27(38)20-5-7-21(8-6-20)28(39)40/h3-4,10-11,15-16,20-21,26H,5-9,12-14,17H2,1-2H3,(H,39,40)/t20?,21?,26-,29?,30-/m1/s1. The lowest BCUT2D eigenvalue weighted by Gasteiger charge is -2.45. The number of rotatable bonds is 5. The van der Waals surface area contributed by atoms with Crippen molar-refractivity contribution in [3.05, 3.63) is 70.0 Å². The van der Waals surface area contributed by atoms with Gasteiger partial charge in [-0.1, -0.05) is 24.3 Å². The number of fused-ring (bicyclic) bond motifs is 3. The van der Waals surface area contributed by atoms with E-state index in [1.807, 2.05) is 4.90 Å². The number of hydrogen-bond donors (Lipinski definition) is 1. The maximum Gasteiger partial charge on any atom is 0.426 e. The summed E-state index contributed by atoms with van der Waals surface area (Å²) in [5.74, 6) is -1.91. The minimum atomic E-state index is -5.06. The summed E-state index contributed by atoms with van der Waals surface area (Å²) in [6.45, 7) is 2.51. The van der Waals surface area contributed by atoms with Crippen LogP contribution >= 0.6 is 0 Å². The number of nitrogens with zero attached hydrogens (tertiary/aromatic N) is 1. The number of carbonyl (C=O) groups excluding carboxylic acids is 1. The molecule has 9 heteroatoms. The highest BCUT2D eigenvalue weighted by Gasteiger charge is 2.56. The molecule has 1 saturated carbocycles. The second-order valence-electron chi connectivity index (χ2n) is 12.0. The number of likely N-dealkylation sites (tertiary alicyclic amines) is 1. The zero-order valence-corrected chi connectivity index (χ0v) is 22.7. The molecule has 1 saturated heterocycles. The molecule has 1 N–H and O–H groups in total. The van der Waals surface area contributed by atoms with Gasteiger partial charge in [0.25, 0.3) is 0 Å². The van der Waals surface area contributed by atoms with Gasteiger partial charge in [0.2, 0.25) is 11.6 Å². The van der Waals surface area contributed by atoms with E-state index in [2.05, 4.69) is 0 Å². The zero-order valence-electron chi connectivity index (χ0n) is 22.7. The van der Waals surface area contributed by atoms with Crippen LogP contribution in [-0.2, 0) is 33.5 Å². The predicted molar refractivity (Wildman–Crippen MR) is 139 cm³/mol. The Bertz CT molecular complexity index is 1300. The number of alkyl halides is 4. The number of carboxylic acid groups (broad SMARTS) is 1. The molecule has 5 rings (SSSR count). The molecule has 0 aromatic heterocycles. The first-order valence-corrected chi connectivity index (χ1v) is 13.9. The Labute approximate surface area is 230 Å². The van der Waals surface area contributed by atoms with E-state index in [-0.39, 0.29) is 29.2 Å². The third kappa shape index (κ3) is 4.79. The topological polar surface area (TPSA) is 57.6 Å². The number of carboxylic acids is 1. The van der Waals surface area contributed by atoms with E-state index in [0.717, 1.165) is 11.1 Å². The number of aliphatic carboxylic acids is 1. The van der Waals surface area contributed by atoms with Gasteiger partial charge in [0.1, 0.15) is 5.82 Å². The molecule has 2 aromatic rings. The molecule has 1 heterocycles. The van der Waals surface area contributed by atoms with E-state index in [1.54, 1.807) is 18.2 Å². The molecular weight excluding hydrogens is 529 g/mol. The van der Waals surface area contributed by atoms with E-state index < -0.39 is 34.7 Å². The highest BCUT2D eigenvalue weighted by Crippen LogP contribution is 2.52. The van der Waals surface area contributed by atoms with Crippen LogP contribution in [0.5, 0.6) is 0 Å². The summed E-state index contributed by atoms with van der Waals surface area (Å²) >= 11 is 0. The van der Waals surface area contributed by atoms with Crippen LogP contribution in [-0.4, -0.2) is 40.6 Å². The second kappa shape index (κ2) is 10.1. The lowest BCUT2D eigenvalue weighted by atomic mass is 9.63. The Morgan fingerprint density at radius 2 is 1.62 bits per heavy atom. The molecule has 0 radical (unpaired) electrons. The van der Waals surface area contributed by atoms with Crippen LogP contribution in [0.1, 0.15) is 73.3 Å². The van der Waals surface area contributed by atoms with Gasteiger partial charge in [-0.15, -0.1) is 0 Å². The van der Waals surface area contributed by atoms with Gasteiger partial charge in [-0.3, -0.25) is 9.59 Å². The number of halogens is 5. The Hall–Kier alpha value is -2.97. The van der Waals surface area contributed by atoms with Crippen molar-refractivity contribution in [2.24, 2.45) is 11.8 Å². The van der Waals surface area contributed by atoms with Crippen molar-refractivity contribution in [3.8, 4) is 0 Å². The van der Waals surface area contributed by atoms with Crippen LogP contribution in [0, 0.1) is 24.6 Å². The Balaban J connectivity index is 1.53. The number of benzene rings is 2. The SMILES string of the molecule is Cc1cc2c(cc1C(C)(F)C(F)(F)F)CC[C@H]1N(C(=O)C3CCC(C(=O)O)CC3)CC[C@@]21Cc1ccc(F)cc1. The van der Waals surface area contributed by atoms with Crippen LogP contribution < -0.4 is 0 Å². The van der Waals surface area contributed by atoms with E-state index in [1.165, 1.54) is 25.1 Å². The summed E-state index contributed by atoms with van der Waals surface area (Å²) in [7, 11) is 0.